The SMILES string of the molecule is Cc1ccc(CC(C)(C)CCCCC(=O)NC2CCCC2)cc1C. The van der Waals surface area contributed by atoms with Gasteiger partial charge in [0, 0.05) is 12.5 Å². The lowest BCUT2D eigenvalue weighted by atomic mass is 9.80. The molecule has 0 unspecified atom stereocenters. The molecule has 1 amide bonds. The molecule has 2 heteroatoms. The lowest BCUT2D eigenvalue weighted by Gasteiger charge is -2.25. The van der Waals surface area contributed by atoms with Crippen LogP contribution in [0.15, 0.2) is 18.2 Å². The molecule has 2 nitrogen and oxygen atoms in total. The van der Waals surface area contributed by atoms with Crippen LogP contribution in [-0.4, -0.2) is 11.9 Å². The quantitative estimate of drug-likeness (QED) is 0.628. The molecule has 0 atom stereocenters. The Balaban J connectivity index is 1.68. The van der Waals surface area contributed by atoms with Crippen LogP contribution in [0.4, 0.5) is 0 Å². The molecule has 0 spiro atoms. The molecular formula is C22H35NO. The van der Waals surface area contributed by atoms with Gasteiger partial charge >= 0.3 is 0 Å². The highest BCUT2D eigenvalue weighted by Gasteiger charge is 2.19. The lowest BCUT2D eigenvalue weighted by Crippen LogP contribution is -2.32. The topological polar surface area (TPSA) is 29.1 Å². The molecule has 134 valence electrons. The predicted octanol–water partition coefficient (Wildman–Crippen LogP) is 5.49. The van der Waals surface area contributed by atoms with Crippen LogP contribution in [0.3, 0.4) is 0 Å². The third-order valence-corrected chi connectivity index (χ3v) is 5.48. The molecule has 1 fully saturated rings. The maximum Gasteiger partial charge on any atom is 0.220 e. The van der Waals surface area contributed by atoms with Crippen molar-refractivity contribution in [1.29, 1.82) is 0 Å². The van der Waals surface area contributed by atoms with Crippen LogP contribution in [0, 0.1) is 19.3 Å². The lowest BCUT2D eigenvalue weighted by molar-refractivity contribution is -0.121. The van der Waals surface area contributed by atoms with Crippen molar-refractivity contribution in [3.05, 3.63) is 34.9 Å². The van der Waals surface area contributed by atoms with Gasteiger partial charge in [-0.3, -0.25) is 4.79 Å². The second-order valence-corrected chi connectivity index (χ2v) is 8.52. The number of hydrogen-bond donors (Lipinski definition) is 1. The summed E-state index contributed by atoms with van der Waals surface area (Å²) >= 11 is 0. The van der Waals surface area contributed by atoms with Gasteiger partial charge in [-0.2, -0.15) is 0 Å². The van der Waals surface area contributed by atoms with Crippen LogP contribution in [0.25, 0.3) is 0 Å². The van der Waals surface area contributed by atoms with Gasteiger partial charge in [0.2, 0.25) is 5.91 Å². The number of carbonyl (C=O) groups excluding carboxylic acids is 1. The van der Waals surface area contributed by atoms with Gasteiger partial charge in [-0.05, 0) is 68.1 Å². The molecule has 1 aromatic carbocycles. The highest BCUT2D eigenvalue weighted by atomic mass is 16.1. The summed E-state index contributed by atoms with van der Waals surface area (Å²) in [5.74, 6) is 0.258. The smallest absolute Gasteiger partial charge is 0.220 e. The largest absolute Gasteiger partial charge is 0.353 e. The van der Waals surface area contributed by atoms with Gasteiger partial charge in [-0.1, -0.05) is 51.3 Å². The fourth-order valence-corrected chi connectivity index (χ4v) is 3.81. The van der Waals surface area contributed by atoms with E-state index in [2.05, 4.69) is 51.2 Å². The molecular weight excluding hydrogens is 294 g/mol. The van der Waals surface area contributed by atoms with E-state index >= 15 is 0 Å². The third kappa shape index (κ3) is 6.30. The molecule has 0 saturated heterocycles. The van der Waals surface area contributed by atoms with Gasteiger partial charge in [0.25, 0.3) is 0 Å². The van der Waals surface area contributed by atoms with Crippen molar-refractivity contribution in [1.82, 2.24) is 5.32 Å². The number of benzene rings is 1. The number of rotatable bonds is 8. The fraction of sp³-hybridized carbons (Fsp3) is 0.682. The number of amides is 1. The highest BCUT2D eigenvalue weighted by Crippen LogP contribution is 2.29. The first-order chi connectivity index (χ1) is 11.4. The number of carbonyl (C=O) groups is 1. The minimum atomic E-state index is 0.258. The number of unbranched alkanes of at least 4 members (excludes halogenated alkanes) is 1. The van der Waals surface area contributed by atoms with Crippen LogP contribution in [-0.2, 0) is 11.2 Å². The second-order valence-electron chi connectivity index (χ2n) is 8.52. The minimum absolute atomic E-state index is 0.258. The molecule has 24 heavy (non-hydrogen) atoms. The Morgan fingerprint density at radius 3 is 2.50 bits per heavy atom. The normalized spacial score (nSPS) is 15.7. The average Bonchev–Trinajstić information content (AvgIpc) is 3.00. The predicted molar refractivity (Wildman–Crippen MR) is 102 cm³/mol. The van der Waals surface area contributed by atoms with Gasteiger partial charge in [-0.15, -0.1) is 0 Å². The molecule has 1 aliphatic rings. The minimum Gasteiger partial charge on any atom is -0.353 e. The highest BCUT2D eigenvalue weighted by molar-refractivity contribution is 5.76. The Morgan fingerprint density at radius 1 is 1.12 bits per heavy atom. The van der Waals surface area contributed by atoms with Crippen molar-refractivity contribution in [3.63, 3.8) is 0 Å². The van der Waals surface area contributed by atoms with E-state index in [9.17, 15) is 4.79 Å². The summed E-state index contributed by atoms with van der Waals surface area (Å²) < 4.78 is 0. The molecule has 1 saturated carbocycles. The van der Waals surface area contributed by atoms with Crippen molar-refractivity contribution < 1.29 is 4.79 Å². The molecule has 0 heterocycles. The maximum absolute atomic E-state index is 12.0. The zero-order valence-corrected chi connectivity index (χ0v) is 16.1. The summed E-state index contributed by atoms with van der Waals surface area (Å²) in [6.07, 6.45) is 10.0. The summed E-state index contributed by atoms with van der Waals surface area (Å²) in [7, 11) is 0. The number of aryl methyl sites for hydroxylation is 2. The van der Waals surface area contributed by atoms with E-state index in [1.54, 1.807) is 0 Å². The van der Waals surface area contributed by atoms with E-state index in [4.69, 9.17) is 0 Å². The standard InChI is InChI=1S/C22H35NO/c1-17-12-13-19(15-18(17)2)16-22(3,4)14-8-7-11-21(24)23-20-9-5-6-10-20/h12-13,15,20H,5-11,14,16H2,1-4H3,(H,23,24). The first-order valence-corrected chi connectivity index (χ1v) is 9.71. The Bertz CT molecular complexity index is 541. The van der Waals surface area contributed by atoms with E-state index in [-0.39, 0.29) is 5.91 Å². The van der Waals surface area contributed by atoms with E-state index < -0.39 is 0 Å². The molecule has 0 bridgehead atoms. The molecule has 2 rings (SSSR count). The van der Waals surface area contributed by atoms with Gasteiger partial charge in [0.05, 0.1) is 0 Å². The van der Waals surface area contributed by atoms with Crippen LogP contribution in [0.2, 0.25) is 0 Å². The molecule has 0 aromatic heterocycles. The average molecular weight is 330 g/mol. The first kappa shape index (κ1) is 19.0. The summed E-state index contributed by atoms with van der Waals surface area (Å²) in [5.41, 5.74) is 4.47. The van der Waals surface area contributed by atoms with Crippen LogP contribution in [0.5, 0.6) is 0 Å². The van der Waals surface area contributed by atoms with Crippen molar-refractivity contribution in [2.45, 2.75) is 91.5 Å². The van der Waals surface area contributed by atoms with Crippen LogP contribution in [0.1, 0.15) is 81.9 Å². The number of nitrogens with one attached hydrogen (secondary N) is 1. The van der Waals surface area contributed by atoms with Gasteiger partial charge < -0.3 is 5.32 Å². The molecule has 1 aromatic rings. The molecule has 1 aliphatic carbocycles. The van der Waals surface area contributed by atoms with Crippen molar-refractivity contribution in [2.75, 3.05) is 0 Å². The molecule has 0 radical (unpaired) electrons. The van der Waals surface area contributed by atoms with E-state index in [0.717, 1.165) is 19.3 Å². The van der Waals surface area contributed by atoms with Gasteiger partial charge in [-0.25, -0.2) is 0 Å². The zero-order valence-electron chi connectivity index (χ0n) is 16.1. The van der Waals surface area contributed by atoms with E-state index in [1.165, 1.54) is 48.8 Å². The summed E-state index contributed by atoms with van der Waals surface area (Å²) in [6.45, 7) is 9.05. The van der Waals surface area contributed by atoms with Crippen molar-refractivity contribution >= 4 is 5.91 Å². The van der Waals surface area contributed by atoms with Crippen molar-refractivity contribution in [2.24, 2.45) is 5.41 Å². The second kappa shape index (κ2) is 8.69. The third-order valence-electron chi connectivity index (χ3n) is 5.48. The molecule has 0 aliphatic heterocycles. The monoisotopic (exact) mass is 329 g/mol. The Labute approximate surface area is 148 Å². The van der Waals surface area contributed by atoms with E-state index in [0.29, 0.717) is 17.9 Å². The maximum atomic E-state index is 12.0. The van der Waals surface area contributed by atoms with E-state index in [1.807, 2.05) is 0 Å². The summed E-state index contributed by atoms with van der Waals surface area (Å²) in [4.78, 5) is 12.0. The van der Waals surface area contributed by atoms with Crippen molar-refractivity contribution in [3.8, 4) is 0 Å². The Morgan fingerprint density at radius 2 is 1.83 bits per heavy atom. The summed E-state index contributed by atoms with van der Waals surface area (Å²) in [6, 6.07) is 7.28. The van der Waals surface area contributed by atoms with Gasteiger partial charge in [0.15, 0.2) is 0 Å². The fourth-order valence-electron chi connectivity index (χ4n) is 3.81. The Hall–Kier alpha value is -1.31. The number of hydrogen-bond acceptors (Lipinski definition) is 1. The van der Waals surface area contributed by atoms with Crippen LogP contribution >= 0.6 is 0 Å². The van der Waals surface area contributed by atoms with Gasteiger partial charge in [0.1, 0.15) is 0 Å². The Kier molecular flexibility index (Phi) is 6.89. The molecule has 1 N–H and O–H groups in total. The van der Waals surface area contributed by atoms with Crippen LogP contribution < -0.4 is 5.32 Å². The summed E-state index contributed by atoms with van der Waals surface area (Å²) in [5, 5.41) is 3.19. The zero-order chi connectivity index (χ0) is 17.6. The first-order valence-electron chi connectivity index (χ1n) is 9.71.